The molecule has 1 aromatic heterocycles. The summed E-state index contributed by atoms with van der Waals surface area (Å²) in [5, 5.41) is 14.3. The minimum absolute atomic E-state index is 0.469. The molecule has 1 rings (SSSR count). The smallest absolute Gasteiger partial charge is 0.106 e. The molecule has 0 saturated carbocycles. The van der Waals surface area contributed by atoms with Gasteiger partial charge in [0.15, 0.2) is 0 Å². The van der Waals surface area contributed by atoms with Crippen molar-refractivity contribution in [3.63, 3.8) is 0 Å². The van der Waals surface area contributed by atoms with Crippen molar-refractivity contribution in [1.82, 2.24) is 9.78 Å². The maximum atomic E-state index is 10.1. The van der Waals surface area contributed by atoms with Crippen LogP contribution in [0.3, 0.4) is 0 Å². The number of rotatable bonds is 3. The molecule has 1 aromatic rings. The standard InChI is InChI=1S/C10H18N2O/c1-8(2)7-10(3,13)9-5-6-12(4)11-9/h5-6,8,13H,7H2,1-4H3. The van der Waals surface area contributed by atoms with Crippen LogP contribution >= 0.6 is 0 Å². The molecule has 0 amide bonds. The molecule has 0 aromatic carbocycles. The summed E-state index contributed by atoms with van der Waals surface area (Å²) in [5.74, 6) is 0.469. The topological polar surface area (TPSA) is 38.0 Å². The molecule has 13 heavy (non-hydrogen) atoms. The Balaban J connectivity index is 2.80. The van der Waals surface area contributed by atoms with E-state index in [0.29, 0.717) is 5.92 Å². The van der Waals surface area contributed by atoms with E-state index in [1.54, 1.807) is 4.68 Å². The van der Waals surface area contributed by atoms with Crippen LogP contribution in [0.25, 0.3) is 0 Å². The first-order valence-electron chi connectivity index (χ1n) is 4.64. The van der Waals surface area contributed by atoms with Crippen LogP contribution in [0.15, 0.2) is 12.3 Å². The second kappa shape index (κ2) is 3.50. The molecule has 0 spiro atoms. The molecule has 0 bridgehead atoms. The number of aromatic nitrogens is 2. The third-order valence-corrected chi connectivity index (χ3v) is 2.07. The first-order chi connectivity index (χ1) is 5.92. The van der Waals surface area contributed by atoms with Gasteiger partial charge in [-0.25, -0.2) is 0 Å². The fourth-order valence-corrected chi connectivity index (χ4v) is 1.60. The average Bonchev–Trinajstić information content (AvgIpc) is 2.32. The number of aryl methyl sites for hydroxylation is 1. The van der Waals surface area contributed by atoms with Crippen molar-refractivity contribution in [2.24, 2.45) is 13.0 Å². The summed E-state index contributed by atoms with van der Waals surface area (Å²) in [5.41, 5.74) is -0.0428. The summed E-state index contributed by atoms with van der Waals surface area (Å²) in [6.07, 6.45) is 2.59. The SMILES string of the molecule is CC(C)CC(C)(O)c1ccn(C)n1. The molecular formula is C10H18N2O. The summed E-state index contributed by atoms with van der Waals surface area (Å²) in [6.45, 7) is 6.00. The molecule has 1 unspecified atom stereocenters. The van der Waals surface area contributed by atoms with Crippen molar-refractivity contribution in [2.45, 2.75) is 32.8 Å². The van der Waals surface area contributed by atoms with Crippen LogP contribution < -0.4 is 0 Å². The van der Waals surface area contributed by atoms with Crippen molar-refractivity contribution >= 4 is 0 Å². The van der Waals surface area contributed by atoms with E-state index in [1.807, 2.05) is 26.2 Å². The second-order valence-electron chi connectivity index (χ2n) is 4.25. The summed E-state index contributed by atoms with van der Waals surface area (Å²) in [6, 6.07) is 1.86. The fourth-order valence-electron chi connectivity index (χ4n) is 1.60. The summed E-state index contributed by atoms with van der Waals surface area (Å²) >= 11 is 0. The van der Waals surface area contributed by atoms with Crippen LogP contribution in [0.4, 0.5) is 0 Å². The van der Waals surface area contributed by atoms with Crippen LogP contribution in [0, 0.1) is 5.92 Å². The Hall–Kier alpha value is -0.830. The monoisotopic (exact) mass is 182 g/mol. The number of aliphatic hydroxyl groups is 1. The largest absolute Gasteiger partial charge is 0.384 e. The van der Waals surface area contributed by atoms with Crippen molar-refractivity contribution in [3.05, 3.63) is 18.0 Å². The van der Waals surface area contributed by atoms with Crippen LogP contribution in [0.2, 0.25) is 0 Å². The molecule has 0 aliphatic rings. The molecule has 3 heteroatoms. The molecule has 0 aliphatic heterocycles. The fraction of sp³-hybridized carbons (Fsp3) is 0.700. The second-order valence-corrected chi connectivity index (χ2v) is 4.25. The Morgan fingerprint density at radius 3 is 2.62 bits per heavy atom. The zero-order valence-electron chi connectivity index (χ0n) is 8.78. The van der Waals surface area contributed by atoms with Crippen molar-refractivity contribution in [2.75, 3.05) is 0 Å². The zero-order valence-corrected chi connectivity index (χ0v) is 8.78. The quantitative estimate of drug-likeness (QED) is 0.772. The Morgan fingerprint density at radius 1 is 1.62 bits per heavy atom. The van der Waals surface area contributed by atoms with Gasteiger partial charge < -0.3 is 5.11 Å². The molecule has 0 aliphatic carbocycles. The van der Waals surface area contributed by atoms with Gasteiger partial charge >= 0.3 is 0 Å². The predicted molar refractivity (Wildman–Crippen MR) is 52.2 cm³/mol. The van der Waals surface area contributed by atoms with Gasteiger partial charge in [0, 0.05) is 13.2 Å². The Bertz CT molecular complexity index is 276. The lowest BCUT2D eigenvalue weighted by atomic mass is 9.91. The van der Waals surface area contributed by atoms with E-state index < -0.39 is 5.60 Å². The highest BCUT2D eigenvalue weighted by Gasteiger charge is 2.26. The summed E-state index contributed by atoms with van der Waals surface area (Å²) < 4.78 is 1.71. The molecule has 3 nitrogen and oxygen atoms in total. The van der Waals surface area contributed by atoms with Gasteiger partial charge in [-0.15, -0.1) is 0 Å². The lowest BCUT2D eigenvalue weighted by Gasteiger charge is -2.22. The Morgan fingerprint density at radius 2 is 2.23 bits per heavy atom. The maximum Gasteiger partial charge on any atom is 0.106 e. The molecule has 1 atom stereocenters. The average molecular weight is 182 g/mol. The van der Waals surface area contributed by atoms with Crippen molar-refractivity contribution in [3.8, 4) is 0 Å². The molecule has 0 saturated heterocycles. The normalized spacial score (nSPS) is 16.2. The number of hydrogen-bond acceptors (Lipinski definition) is 2. The maximum absolute atomic E-state index is 10.1. The van der Waals surface area contributed by atoms with Gasteiger partial charge in [0.2, 0.25) is 0 Å². The van der Waals surface area contributed by atoms with Crippen LogP contribution in [0.1, 0.15) is 32.9 Å². The van der Waals surface area contributed by atoms with Gasteiger partial charge in [-0.3, -0.25) is 4.68 Å². The molecule has 0 fully saturated rings. The molecular weight excluding hydrogens is 164 g/mol. The highest BCUT2D eigenvalue weighted by molar-refractivity contribution is 5.08. The van der Waals surface area contributed by atoms with E-state index in [1.165, 1.54) is 0 Å². The number of hydrogen-bond donors (Lipinski definition) is 1. The molecule has 1 N–H and O–H groups in total. The van der Waals surface area contributed by atoms with Gasteiger partial charge in [-0.1, -0.05) is 13.8 Å². The minimum atomic E-state index is -0.796. The van der Waals surface area contributed by atoms with E-state index in [0.717, 1.165) is 12.1 Å². The van der Waals surface area contributed by atoms with Gasteiger partial charge in [-0.2, -0.15) is 5.10 Å². The Kier molecular flexibility index (Phi) is 2.76. The third kappa shape index (κ3) is 2.56. The molecule has 74 valence electrons. The van der Waals surface area contributed by atoms with Crippen LogP contribution in [-0.4, -0.2) is 14.9 Å². The van der Waals surface area contributed by atoms with Crippen molar-refractivity contribution in [1.29, 1.82) is 0 Å². The summed E-state index contributed by atoms with van der Waals surface area (Å²) in [7, 11) is 1.86. The van der Waals surface area contributed by atoms with Gasteiger partial charge in [0.1, 0.15) is 5.60 Å². The molecule has 0 radical (unpaired) electrons. The first-order valence-corrected chi connectivity index (χ1v) is 4.64. The highest BCUT2D eigenvalue weighted by atomic mass is 16.3. The number of nitrogens with zero attached hydrogens (tertiary/aromatic N) is 2. The van der Waals surface area contributed by atoms with Crippen molar-refractivity contribution < 1.29 is 5.11 Å². The van der Waals surface area contributed by atoms with E-state index in [2.05, 4.69) is 18.9 Å². The van der Waals surface area contributed by atoms with Gasteiger partial charge in [0.25, 0.3) is 0 Å². The van der Waals surface area contributed by atoms with Crippen LogP contribution in [-0.2, 0) is 12.6 Å². The predicted octanol–water partition coefficient (Wildman–Crippen LogP) is 1.67. The first kappa shape index (κ1) is 10.3. The van der Waals surface area contributed by atoms with E-state index in [4.69, 9.17) is 0 Å². The lowest BCUT2D eigenvalue weighted by molar-refractivity contribution is 0.0300. The van der Waals surface area contributed by atoms with E-state index in [9.17, 15) is 5.11 Å². The summed E-state index contributed by atoms with van der Waals surface area (Å²) in [4.78, 5) is 0. The van der Waals surface area contributed by atoms with Gasteiger partial charge in [0.05, 0.1) is 5.69 Å². The highest BCUT2D eigenvalue weighted by Crippen LogP contribution is 2.26. The van der Waals surface area contributed by atoms with E-state index in [-0.39, 0.29) is 0 Å². The Labute approximate surface area is 79.4 Å². The molecule has 1 heterocycles. The van der Waals surface area contributed by atoms with Gasteiger partial charge in [-0.05, 0) is 25.3 Å². The van der Waals surface area contributed by atoms with E-state index >= 15 is 0 Å². The third-order valence-electron chi connectivity index (χ3n) is 2.07. The minimum Gasteiger partial charge on any atom is -0.384 e. The lowest BCUT2D eigenvalue weighted by Crippen LogP contribution is -2.24. The van der Waals surface area contributed by atoms with Crippen LogP contribution in [0.5, 0.6) is 0 Å². The zero-order chi connectivity index (χ0) is 10.1.